The number of hydrogen-bond acceptors (Lipinski definition) is 8. The third-order valence-electron chi connectivity index (χ3n) is 5.60. The summed E-state index contributed by atoms with van der Waals surface area (Å²) < 4.78 is 29.7. The van der Waals surface area contributed by atoms with Crippen LogP contribution < -0.4 is 16.4 Å². The van der Waals surface area contributed by atoms with Crippen molar-refractivity contribution in [2.75, 3.05) is 5.32 Å². The topological polar surface area (TPSA) is 150 Å². The largest absolute Gasteiger partial charge is 0.393 e. The molecule has 39 heavy (non-hydrogen) atoms. The predicted octanol–water partition coefficient (Wildman–Crippen LogP) is 3.67. The number of carbonyl (C=O) groups excluding carboxylic acids is 2. The van der Waals surface area contributed by atoms with Crippen LogP contribution in [0, 0.1) is 11.6 Å². The number of amides is 2. The average molecular weight is 554 g/mol. The van der Waals surface area contributed by atoms with Gasteiger partial charge in [0.25, 0.3) is 11.8 Å². The summed E-state index contributed by atoms with van der Waals surface area (Å²) in [6, 6.07) is 11.6. The van der Waals surface area contributed by atoms with Crippen LogP contribution in [0.25, 0.3) is 10.4 Å². The van der Waals surface area contributed by atoms with Gasteiger partial charge in [-0.1, -0.05) is 6.07 Å². The van der Waals surface area contributed by atoms with Crippen LogP contribution in [-0.2, 0) is 19.6 Å². The van der Waals surface area contributed by atoms with Gasteiger partial charge >= 0.3 is 0 Å². The third-order valence-corrected chi connectivity index (χ3v) is 6.66. The first-order valence-corrected chi connectivity index (χ1v) is 12.6. The SMILES string of the molecule is CC(O)Cc1cc(F)c(-c2cc(C(N)=O)c(Nc3cccc(CNC(=O)c4ccnc(CO)c4)n3)s2)c(F)c1. The van der Waals surface area contributed by atoms with Crippen molar-refractivity contribution < 1.29 is 28.6 Å². The Morgan fingerprint density at radius 3 is 2.51 bits per heavy atom. The van der Waals surface area contributed by atoms with Crippen molar-refractivity contribution in [1.82, 2.24) is 15.3 Å². The van der Waals surface area contributed by atoms with Crippen LogP contribution in [0.1, 0.15) is 44.6 Å². The molecule has 0 saturated heterocycles. The Labute approximate surface area is 226 Å². The first kappa shape index (κ1) is 27.8. The number of carbonyl (C=O) groups is 2. The molecule has 1 unspecified atom stereocenters. The molecule has 0 fully saturated rings. The normalized spacial score (nSPS) is 11.7. The highest BCUT2D eigenvalue weighted by atomic mass is 32.1. The fraction of sp³-hybridized carbons (Fsp3) is 0.185. The zero-order valence-electron chi connectivity index (χ0n) is 20.7. The summed E-state index contributed by atoms with van der Waals surface area (Å²) in [6.45, 7) is 1.31. The van der Waals surface area contributed by atoms with E-state index in [4.69, 9.17) is 5.73 Å². The van der Waals surface area contributed by atoms with Crippen LogP contribution in [-0.4, -0.2) is 38.1 Å². The summed E-state index contributed by atoms with van der Waals surface area (Å²) in [4.78, 5) is 33.1. The molecule has 0 spiro atoms. The lowest BCUT2D eigenvalue weighted by molar-refractivity contribution is 0.0948. The molecular weight excluding hydrogens is 528 g/mol. The van der Waals surface area contributed by atoms with Crippen LogP contribution in [0.3, 0.4) is 0 Å². The van der Waals surface area contributed by atoms with E-state index in [2.05, 4.69) is 20.6 Å². The molecule has 0 bridgehead atoms. The molecule has 1 atom stereocenters. The van der Waals surface area contributed by atoms with Crippen LogP contribution in [0.4, 0.5) is 19.6 Å². The molecule has 0 aliphatic rings. The highest BCUT2D eigenvalue weighted by molar-refractivity contribution is 7.20. The highest BCUT2D eigenvalue weighted by Gasteiger charge is 2.21. The highest BCUT2D eigenvalue weighted by Crippen LogP contribution is 2.39. The summed E-state index contributed by atoms with van der Waals surface area (Å²) in [6.07, 6.45) is 0.753. The summed E-state index contributed by atoms with van der Waals surface area (Å²) in [5.41, 5.74) is 6.74. The number of primary amides is 1. The van der Waals surface area contributed by atoms with Gasteiger partial charge in [0.2, 0.25) is 0 Å². The summed E-state index contributed by atoms with van der Waals surface area (Å²) in [5.74, 6) is -2.52. The van der Waals surface area contributed by atoms with Crippen LogP contribution >= 0.6 is 11.3 Å². The monoisotopic (exact) mass is 553 g/mol. The number of hydrogen-bond donors (Lipinski definition) is 5. The van der Waals surface area contributed by atoms with Gasteiger partial charge in [-0.05, 0) is 61.4 Å². The minimum atomic E-state index is -0.828. The van der Waals surface area contributed by atoms with E-state index in [0.717, 1.165) is 23.5 Å². The molecule has 1 aromatic carbocycles. The Morgan fingerprint density at radius 1 is 1.10 bits per heavy atom. The maximum Gasteiger partial charge on any atom is 0.251 e. The van der Waals surface area contributed by atoms with Crippen molar-refractivity contribution in [2.45, 2.75) is 32.6 Å². The molecule has 0 radical (unpaired) electrons. The zero-order valence-corrected chi connectivity index (χ0v) is 21.6. The molecule has 6 N–H and O–H groups in total. The average Bonchev–Trinajstić information content (AvgIpc) is 3.30. The summed E-state index contributed by atoms with van der Waals surface area (Å²) >= 11 is 0.931. The van der Waals surface area contributed by atoms with Crippen molar-refractivity contribution in [3.8, 4) is 10.4 Å². The molecule has 12 heteroatoms. The van der Waals surface area contributed by atoms with Gasteiger partial charge in [-0.15, -0.1) is 11.3 Å². The standard InChI is InChI=1S/C27H25F2N5O4S/c1-14(36)7-15-8-20(28)24(21(29)9-15)22-11-19(25(30)37)27(39-22)34-23-4-2-3-17(33-23)12-32-26(38)16-5-6-31-18(10-16)13-35/h2-6,8-11,14,35-36H,7,12-13H2,1H3,(H2,30,37)(H,32,38)(H,33,34). The van der Waals surface area contributed by atoms with Crippen LogP contribution in [0.2, 0.25) is 0 Å². The van der Waals surface area contributed by atoms with E-state index in [9.17, 15) is 28.6 Å². The second-order valence-electron chi connectivity index (χ2n) is 8.72. The van der Waals surface area contributed by atoms with Gasteiger partial charge in [-0.25, -0.2) is 13.8 Å². The molecule has 3 heterocycles. The minimum Gasteiger partial charge on any atom is -0.393 e. The lowest BCUT2D eigenvalue weighted by Gasteiger charge is -2.09. The number of aliphatic hydroxyl groups is 2. The molecule has 3 aromatic heterocycles. The number of nitrogens with zero attached hydrogens (tertiary/aromatic N) is 2. The van der Waals surface area contributed by atoms with Gasteiger partial charge in [0, 0.05) is 16.6 Å². The Kier molecular flexibility index (Phi) is 8.59. The number of benzene rings is 1. The van der Waals surface area contributed by atoms with Gasteiger partial charge in [0.15, 0.2) is 0 Å². The molecule has 9 nitrogen and oxygen atoms in total. The molecule has 0 aliphatic carbocycles. The molecule has 2 amide bonds. The van der Waals surface area contributed by atoms with Gasteiger partial charge in [0.05, 0.1) is 41.8 Å². The van der Waals surface area contributed by atoms with Crippen molar-refractivity contribution >= 4 is 34.0 Å². The van der Waals surface area contributed by atoms with Gasteiger partial charge in [-0.3, -0.25) is 14.6 Å². The van der Waals surface area contributed by atoms with E-state index >= 15 is 0 Å². The van der Waals surface area contributed by atoms with Crippen molar-refractivity contribution in [1.29, 1.82) is 0 Å². The number of aliphatic hydroxyl groups excluding tert-OH is 2. The van der Waals surface area contributed by atoms with Gasteiger partial charge < -0.3 is 26.6 Å². The first-order valence-electron chi connectivity index (χ1n) is 11.8. The quantitative estimate of drug-likeness (QED) is 0.201. The van der Waals surface area contributed by atoms with E-state index in [1.165, 1.54) is 31.3 Å². The van der Waals surface area contributed by atoms with Crippen molar-refractivity contribution in [3.05, 3.63) is 94.4 Å². The lowest BCUT2D eigenvalue weighted by Crippen LogP contribution is -2.23. The number of nitrogens with two attached hydrogens (primary N) is 1. The number of aromatic nitrogens is 2. The number of pyridine rings is 2. The molecular formula is C27H25F2N5O4S. The third kappa shape index (κ3) is 6.79. The number of nitrogens with one attached hydrogen (secondary N) is 2. The number of rotatable bonds is 10. The van der Waals surface area contributed by atoms with E-state index in [-0.39, 0.29) is 46.5 Å². The second kappa shape index (κ2) is 12.1. The first-order chi connectivity index (χ1) is 18.6. The van der Waals surface area contributed by atoms with E-state index in [1.807, 2.05) is 0 Å². The smallest absolute Gasteiger partial charge is 0.251 e. The second-order valence-corrected chi connectivity index (χ2v) is 9.77. The Bertz CT molecular complexity index is 1500. The number of anilines is 2. The lowest BCUT2D eigenvalue weighted by atomic mass is 10.0. The van der Waals surface area contributed by atoms with E-state index in [0.29, 0.717) is 28.3 Å². The molecule has 4 rings (SSSR count). The van der Waals surface area contributed by atoms with Crippen molar-refractivity contribution in [3.63, 3.8) is 0 Å². The summed E-state index contributed by atoms with van der Waals surface area (Å²) in [7, 11) is 0. The minimum absolute atomic E-state index is 0.0275. The fourth-order valence-electron chi connectivity index (χ4n) is 3.85. The van der Waals surface area contributed by atoms with Gasteiger partial charge in [-0.2, -0.15) is 0 Å². The Balaban J connectivity index is 1.54. The maximum absolute atomic E-state index is 14.9. The van der Waals surface area contributed by atoms with Crippen LogP contribution in [0.15, 0.2) is 54.7 Å². The molecule has 4 aromatic rings. The maximum atomic E-state index is 14.9. The van der Waals surface area contributed by atoms with E-state index in [1.54, 1.807) is 18.2 Å². The fourth-order valence-corrected chi connectivity index (χ4v) is 4.97. The van der Waals surface area contributed by atoms with Gasteiger partial charge in [0.1, 0.15) is 22.5 Å². The molecule has 0 saturated carbocycles. The van der Waals surface area contributed by atoms with Crippen molar-refractivity contribution in [2.24, 2.45) is 5.73 Å². The number of halogens is 2. The van der Waals surface area contributed by atoms with Crippen LogP contribution in [0.5, 0.6) is 0 Å². The predicted molar refractivity (Wildman–Crippen MR) is 142 cm³/mol. The molecule has 202 valence electrons. The summed E-state index contributed by atoms with van der Waals surface area (Å²) in [5, 5.41) is 24.7. The zero-order chi connectivity index (χ0) is 28.1. The molecule has 0 aliphatic heterocycles. The van der Waals surface area contributed by atoms with E-state index < -0.39 is 23.6 Å². The Hall–Kier alpha value is -4.26. The number of thiophene rings is 1. The Morgan fingerprint density at radius 2 is 1.85 bits per heavy atom.